The van der Waals surface area contributed by atoms with Gasteiger partial charge in [0.25, 0.3) is 0 Å². The van der Waals surface area contributed by atoms with Crippen molar-refractivity contribution in [2.75, 3.05) is 31.9 Å². The monoisotopic (exact) mass is 267 g/mol. The molecule has 18 heavy (non-hydrogen) atoms. The molecule has 1 saturated heterocycles. The van der Waals surface area contributed by atoms with Gasteiger partial charge in [0.05, 0.1) is 0 Å². The second kappa shape index (κ2) is 6.29. The van der Waals surface area contributed by atoms with E-state index in [4.69, 9.17) is 4.99 Å². The van der Waals surface area contributed by atoms with Crippen LogP contribution in [0.25, 0.3) is 0 Å². The van der Waals surface area contributed by atoms with Gasteiger partial charge in [0.15, 0.2) is 5.17 Å². The molecule has 0 bridgehead atoms. The molecule has 2 atom stereocenters. The van der Waals surface area contributed by atoms with Crippen LogP contribution in [-0.4, -0.2) is 48.0 Å². The van der Waals surface area contributed by atoms with Crippen LogP contribution >= 0.6 is 11.8 Å². The SMILES string of the molecule is C1CCC2NC(SCCN3CCCC3)=NCC2C1. The first kappa shape index (κ1) is 12.8. The van der Waals surface area contributed by atoms with Crippen LogP contribution in [0.3, 0.4) is 0 Å². The van der Waals surface area contributed by atoms with Crippen molar-refractivity contribution in [2.45, 2.75) is 44.6 Å². The minimum Gasteiger partial charge on any atom is -0.362 e. The number of amidine groups is 1. The van der Waals surface area contributed by atoms with Crippen LogP contribution < -0.4 is 5.32 Å². The van der Waals surface area contributed by atoms with E-state index in [9.17, 15) is 0 Å². The summed E-state index contributed by atoms with van der Waals surface area (Å²) in [6, 6.07) is 0.727. The number of thioether (sulfide) groups is 1. The lowest BCUT2D eigenvalue weighted by atomic mass is 9.84. The van der Waals surface area contributed by atoms with Crippen molar-refractivity contribution in [3.05, 3.63) is 0 Å². The normalized spacial score (nSPS) is 32.8. The van der Waals surface area contributed by atoms with Crippen LogP contribution in [-0.2, 0) is 0 Å². The van der Waals surface area contributed by atoms with Gasteiger partial charge in [-0.1, -0.05) is 24.6 Å². The third-order valence-electron chi connectivity index (χ3n) is 4.53. The zero-order valence-corrected chi connectivity index (χ0v) is 12.1. The van der Waals surface area contributed by atoms with Crippen LogP contribution in [0.15, 0.2) is 4.99 Å². The summed E-state index contributed by atoms with van der Waals surface area (Å²) in [7, 11) is 0. The van der Waals surface area contributed by atoms with Crippen LogP contribution in [0.2, 0.25) is 0 Å². The number of hydrogen-bond acceptors (Lipinski definition) is 4. The first-order valence-electron chi connectivity index (χ1n) is 7.58. The number of hydrogen-bond donors (Lipinski definition) is 1. The molecule has 0 aromatic rings. The van der Waals surface area contributed by atoms with Gasteiger partial charge in [0, 0.05) is 24.9 Å². The molecule has 2 heterocycles. The number of rotatable bonds is 3. The van der Waals surface area contributed by atoms with Crippen molar-refractivity contribution in [1.82, 2.24) is 10.2 Å². The summed E-state index contributed by atoms with van der Waals surface area (Å²) < 4.78 is 0. The minimum atomic E-state index is 0.727. The molecule has 1 N–H and O–H groups in total. The van der Waals surface area contributed by atoms with Crippen molar-refractivity contribution in [1.29, 1.82) is 0 Å². The maximum atomic E-state index is 4.73. The lowest BCUT2D eigenvalue weighted by molar-refractivity contribution is 0.285. The van der Waals surface area contributed by atoms with Crippen LogP contribution in [0.5, 0.6) is 0 Å². The quantitative estimate of drug-likeness (QED) is 0.850. The van der Waals surface area contributed by atoms with Gasteiger partial charge in [-0.25, -0.2) is 0 Å². The largest absolute Gasteiger partial charge is 0.362 e. The van der Waals surface area contributed by atoms with E-state index in [1.54, 1.807) is 0 Å². The van der Waals surface area contributed by atoms with Gasteiger partial charge in [-0.15, -0.1) is 0 Å². The summed E-state index contributed by atoms with van der Waals surface area (Å²) >= 11 is 1.94. The molecule has 0 radical (unpaired) electrons. The van der Waals surface area contributed by atoms with E-state index in [2.05, 4.69) is 10.2 Å². The molecule has 1 aliphatic carbocycles. The second-order valence-corrected chi connectivity index (χ2v) is 6.92. The third kappa shape index (κ3) is 3.21. The summed E-state index contributed by atoms with van der Waals surface area (Å²) in [5.41, 5.74) is 0. The Morgan fingerprint density at radius 2 is 2.00 bits per heavy atom. The molecular weight excluding hydrogens is 242 g/mol. The Labute approximate surface area is 115 Å². The average Bonchev–Trinajstić information content (AvgIpc) is 2.92. The number of aliphatic imine (C=N–C) groups is 1. The summed E-state index contributed by atoms with van der Waals surface area (Å²) in [5, 5.41) is 4.89. The molecule has 3 rings (SSSR count). The van der Waals surface area contributed by atoms with Crippen molar-refractivity contribution < 1.29 is 0 Å². The highest BCUT2D eigenvalue weighted by atomic mass is 32.2. The van der Waals surface area contributed by atoms with Gasteiger partial charge in [-0.05, 0) is 44.7 Å². The van der Waals surface area contributed by atoms with Gasteiger partial charge in [-0.3, -0.25) is 4.99 Å². The highest BCUT2D eigenvalue weighted by Gasteiger charge is 2.28. The fraction of sp³-hybridized carbons (Fsp3) is 0.929. The van der Waals surface area contributed by atoms with E-state index in [-0.39, 0.29) is 0 Å². The standard InChI is InChI=1S/C14H25N3S/c1-2-6-13-12(5-1)11-15-14(16-13)18-10-9-17-7-3-4-8-17/h12-13H,1-11H2,(H,15,16). The Kier molecular flexibility index (Phi) is 4.47. The lowest BCUT2D eigenvalue weighted by Crippen LogP contribution is -2.46. The minimum absolute atomic E-state index is 0.727. The summed E-state index contributed by atoms with van der Waals surface area (Å²) in [6.07, 6.45) is 8.35. The Morgan fingerprint density at radius 1 is 1.17 bits per heavy atom. The maximum absolute atomic E-state index is 4.73. The van der Waals surface area contributed by atoms with Gasteiger partial charge < -0.3 is 10.2 Å². The molecule has 0 spiro atoms. The van der Waals surface area contributed by atoms with Crippen LogP contribution in [0.4, 0.5) is 0 Å². The molecule has 2 aliphatic heterocycles. The topological polar surface area (TPSA) is 27.6 Å². The molecule has 2 fully saturated rings. The third-order valence-corrected chi connectivity index (χ3v) is 5.44. The molecule has 0 amide bonds. The van der Waals surface area contributed by atoms with Crippen molar-refractivity contribution in [3.8, 4) is 0 Å². The molecular formula is C14H25N3S. The Morgan fingerprint density at radius 3 is 2.89 bits per heavy atom. The van der Waals surface area contributed by atoms with Gasteiger partial charge in [0.1, 0.15) is 0 Å². The van der Waals surface area contributed by atoms with Crippen LogP contribution in [0.1, 0.15) is 38.5 Å². The summed E-state index contributed by atoms with van der Waals surface area (Å²) in [6.45, 7) is 4.93. The zero-order valence-electron chi connectivity index (χ0n) is 11.2. The average molecular weight is 267 g/mol. The fourth-order valence-corrected chi connectivity index (χ4v) is 4.33. The number of nitrogens with zero attached hydrogens (tertiary/aromatic N) is 2. The van der Waals surface area contributed by atoms with E-state index in [1.165, 1.54) is 69.1 Å². The highest BCUT2D eigenvalue weighted by molar-refractivity contribution is 8.13. The number of nitrogens with one attached hydrogen (secondary N) is 1. The predicted molar refractivity (Wildman–Crippen MR) is 79.3 cm³/mol. The molecule has 102 valence electrons. The Hall–Kier alpha value is -0.220. The van der Waals surface area contributed by atoms with Gasteiger partial charge in [-0.2, -0.15) is 0 Å². The molecule has 2 unspecified atom stereocenters. The molecule has 1 saturated carbocycles. The Balaban J connectivity index is 1.41. The fourth-order valence-electron chi connectivity index (χ4n) is 3.39. The molecule has 0 aromatic carbocycles. The highest BCUT2D eigenvalue weighted by Crippen LogP contribution is 2.28. The van der Waals surface area contributed by atoms with E-state index in [0.29, 0.717) is 0 Å². The molecule has 3 nitrogen and oxygen atoms in total. The molecule has 0 aromatic heterocycles. The first-order valence-corrected chi connectivity index (χ1v) is 8.56. The Bertz CT molecular complexity index is 299. The van der Waals surface area contributed by atoms with E-state index in [1.807, 2.05) is 11.8 Å². The van der Waals surface area contributed by atoms with Gasteiger partial charge >= 0.3 is 0 Å². The van der Waals surface area contributed by atoms with E-state index >= 15 is 0 Å². The predicted octanol–water partition coefficient (Wildman–Crippen LogP) is 2.33. The second-order valence-electron chi connectivity index (χ2n) is 5.84. The van der Waals surface area contributed by atoms with Crippen molar-refractivity contribution >= 4 is 16.9 Å². The summed E-state index contributed by atoms with van der Waals surface area (Å²) in [5.74, 6) is 2.02. The van der Waals surface area contributed by atoms with E-state index in [0.717, 1.165) is 18.5 Å². The molecule has 4 heteroatoms. The van der Waals surface area contributed by atoms with Crippen molar-refractivity contribution in [2.24, 2.45) is 10.9 Å². The lowest BCUT2D eigenvalue weighted by Gasteiger charge is -2.35. The van der Waals surface area contributed by atoms with E-state index < -0.39 is 0 Å². The summed E-state index contributed by atoms with van der Waals surface area (Å²) in [4.78, 5) is 7.31. The zero-order chi connectivity index (χ0) is 12.2. The smallest absolute Gasteiger partial charge is 0.156 e. The number of fused-ring (bicyclic) bond motifs is 1. The van der Waals surface area contributed by atoms with Gasteiger partial charge in [0.2, 0.25) is 0 Å². The first-order chi connectivity index (χ1) is 8.92. The van der Waals surface area contributed by atoms with Crippen LogP contribution in [0, 0.1) is 5.92 Å². The maximum Gasteiger partial charge on any atom is 0.156 e. The number of likely N-dealkylation sites (tertiary alicyclic amines) is 1. The molecule has 3 aliphatic rings. The van der Waals surface area contributed by atoms with Crippen molar-refractivity contribution in [3.63, 3.8) is 0 Å².